The molecule has 0 saturated carbocycles. The quantitative estimate of drug-likeness (QED) is 0.667. The van der Waals surface area contributed by atoms with Crippen LogP contribution in [0.2, 0.25) is 0 Å². The van der Waals surface area contributed by atoms with E-state index >= 15 is 0 Å². The predicted octanol–water partition coefficient (Wildman–Crippen LogP) is 2.24. The second-order valence-corrected chi connectivity index (χ2v) is 6.53. The standard InChI is InChI=1S/C20H26N4O4/c1-3-28-19(26)17-12-22-20(24-10-4-5-15(24)13-25)23-18(17)21-11-14-6-8-16(27-2)9-7-14/h6-9,12,15,25H,3-5,10-11,13H2,1-2H3,(H,21,22,23)/t15-/m0/s1. The highest BCUT2D eigenvalue weighted by atomic mass is 16.5. The van der Waals surface area contributed by atoms with Gasteiger partial charge < -0.3 is 24.8 Å². The van der Waals surface area contributed by atoms with E-state index in [-0.39, 0.29) is 19.3 Å². The maximum atomic E-state index is 12.3. The summed E-state index contributed by atoms with van der Waals surface area (Å²) in [4.78, 5) is 23.2. The number of aliphatic hydroxyl groups is 1. The minimum Gasteiger partial charge on any atom is -0.497 e. The Kier molecular flexibility index (Phi) is 6.65. The molecule has 0 unspecified atom stereocenters. The fraction of sp³-hybridized carbons (Fsp3) is 0.450. The van der Waals surface area contributed by atoms with Crippen molar-refractivity contribution in [3.8, 4) is 5.75 Å². The number of hydrogen-bond donors (Lipinski definition) is 2. The summed E-state index contributed by atoms with van der Waals surface area (Å²) in [6, 6.07) is 7.65. The van der Waals surface area contributed by atoms with Crippen LogP contribution in [-0.2, 0) is 11.3 Å². The average Bonchev–Trinajstić information content (AvgIpc) is 3.21. The molecule has 1 aromatic carbocycles. The molecule has 0 radical (unpaired) electrons. The van der Waals surface area contributed by atoms with Gasteiger partial charge in [-0.2, -0.15) is 4.98 Å². The number of anilines is 2. The van der Waals surface area contributed by atoms with Crippen molar-refractivity contribution in [2.45, 2.75) is 32.4 Å². The molecule has 0 aliphatic carbocycles. The highest BCUT2D eigenvalue weighted by molar-refractivity contribution is 5.94. The molecule has 1 aliphatic rings. The van der Waals surface area contributed by atoms with Gasteiger partial charge in [-0.05, 0) is 37.5 Å². The van der Waals surface area contributed by atoms with Gasteiger partial charge in [0.15, 0.2) is 0 Å². The number of carbonyl (C=O) groups is 1. The van der Waals surface area contributed by atoms with Crippen molar-refractivity contribution in [1.82, 2.24) is 9.97 Å². The summed E-state index contributed by atoms with van der Waals surface area (Å²) in [7, 11) is 1.62. The first-order valence-corrected chi connectivity index (χ1v) is 9.44. The van der Waals surface area contributed by atoms with E-state index in [9.17, 15) is 9.90 Å². The highest BCUT2D eigenvalue weighted by Gasteiger charge is 2.27. The lowest BCUT2D eigenvalue weighted by molar-refractivity contribution is 0.0526. The number of rotatable bonds is 8. The molecule has 1 saturated heterocycles. The largest absolute Gasteiger partial charge is 0.497 e. The normalized spacial score (nSPS) is 16.1. The first-order chi connectivity index (χ1) is 13.7. The fourth-order valence-electron chi connectivity index (χ4n) is 3.22. The Morgan fingerprint density at radius 1 is 1.36 bits per heavy atom. The molecule has 28 heavy (non-hydrogen) atoms. The van der Waals surface area contributed by atoms with Gasteiger partial charge in [0, 0.05) is 19.3 Å². The smallest absolute Gasteiger partial charge is 0.343 e. The lowest BCUT2D eigenvalue weighted by Gasteiger charge is -2.23. The Balaban J connectivity index is 1.83. The SMILES string of the molecule is CCOC(=O)c1cnc(N2CCC[C@H]2CO)nc1NCc1ccc(OC)cc1. The number of ether oxygens (including phenoxy) is 2. The number of nitrogens with zero attached hydrogens (tertiary/aromatic N) is 3. The summed E-state index contributed by atoms with van der Waals surface area (Å²) in [5, 5.41) is 12.8. The Morgan fingerprint density at radius 3 is 2.82 bits per heavy atom. The van der Waals surface area contributed by atoms with Crippen LogP contribution in [0.1, 0.15) is 35.7 Å². The van der Waals surface area contributed by atoms with Gasteiger partial charge in [-0.3, -0.25) is 0 Å². The van der Waals surface area contributed by atoms with Gasteiger partial charge in [0.1, 0.15) is 17.1 Å². The Hall–Kier alpha value is -2.87. The van der Waals surface area contributed by atoms with Crippen molar-refractivity contribution in [3.63, 3.8) is 0 Å². The molecular weight excluding hydrogens is 360 g/mol. The van der Waals surface area contributed by atoms with Crippen LogP contribution in [0, 0.1) is 0 Å². The number of methoxy groups -OCH3 is 1. The van der Waals surface area contributed by atoms with Gasteiger partial charge in [-0.15, -0.1) is 0 Å². The maximum absolute atomic E-state index is 12.3. The van der Waals surface area contributed by atoms with Crippen molar-refractivity contribution >= 4 is 17.7 Å². The molecule has 0 bridgehead atoms. The zero-order chi connectivity index (χ0) is 19.9. The molecule has 1 atom stereocenters. The molecule has 1 fully saturated rings. The molecule has 1 aromatic heterocycles. The molecule has 1 aliphatic heterocycles. The van der Waals surface area contributed by atoms with Gasteiger partial charge in [-0.1, -0.05) is 12.1 Å². The molecule has 8 nitrogen and oxygen atoms in total. The van der Waals surface area contributed by atoms with E-state index in [1.165, 1.54) is 6.20 Å². The molecule has 2 aromatic rings. The molecular formula is C20H26N4O4. The number of hydrogen-bond acceptors (Lipinski definition) is 8. The van der Waals surface area contributed by atoms with Crippen LogP contribution in [0.3, 0.4) is 0 Å². The third-order valence-corrected chi connectivity index (χ3v) is 4.74. The third-order valence-electron chi connectivity index (χ3n) is 4.74. The van der Waals surface area contributed by atoms with Crippen molar-refractivity contribution < 1.29 is 19.4 Å². The van der Waals surface area contributed by atoms with Crippen LogP contribution in [-0.4, -0.2) is 54.0 Å². The number of aliphatic hydroxyl groups excluding tert-OH is 1. The monoisotopic (exact) mass is 386 g/mol. The number of esters is 1. The second-order valence-electron chi connectivity index (χ2n) is 6.53. The minimum atomic E-state index is -0.466. The van der Waals surface area contributed by atoms with E-state index < -0.39 is 5.97 Å². The molecule has 3 rings (SSSR count). The third kappa shape index (κ3) is 4.51. The predicted molar refractivity (Wildman–Crippen MR) is 106 cm³/mol. The van der Waals surface area contributed by atoms with Crippen LogP contribution in [0.4, 0.5) is 11.8 Å². The topological polar surface area (TPSA) is 96.8 Å². The van der Waals surface area contributed by atoms with Gasteiger partial charge in [-0.25, -0.2) is 9.78 Å². The van der Waals surface area contributed by atoms with Gasteiger partial charge in [0.05, 0.1) is 26.4 Å². The summed E-state index contributed by atoms with van der Waals surface area (Å²) >= 11 is 0. The van der Waals surface area contributed by atoms with E-state index in [1.54, 1.807) is 14.0 Å². The fourth-order valence-corrected chi connectivity index (χ4v) is 3.22. The van der Waals surface area contributed by atoms with Crippen molar-refractivity contribution in [2.75, 3.05) is 37.1 Å². The van der Waals surface area contributed by atoms with E-state index in [1.807, 2.05) is 29.2 Å². The van der Waals surface area contributed by atoms with Crippen LogP contribution in [0.15, 0.2) is 30.5 Å². The number of carbonyl (C=O) groups excluding carboxylic acids is 1. The van der Waals surface area contributed by atoms with E-state index in [4.69, 9.17) is 9.47 Å². The summed E-state index contributed by atoms with van der Waals surface area (Å²) in [6.07, 6.45) is 3.36. The van der Waals surface area contributed by atoms with Crippen LogP contribution in [0.5, 0.6) is 5.75 Å². The Labute approximate surface area is 164 Å². The van der Waals surface area contributed by atoms with E-state index in [0.717, 1.165) is 30.7 Å². The summed E-state index contributed by atoms with van der Waals surface area (Å²) in [5.74, 6) is 1.24. The lowest BCUT2D eigenvalue weighted by atomic mass is 10.2. The maximum Gasteiger partial charge on any atom is 0.343 e. The van der Waals surface area contributed by atoms with Crippen LogP contribution < -0.4 is 15.0 Å². The zero-order valence-electron chi connectivity index (χ0n) is 16.2. The molecule has 0 spiro atoms. The van der Waals surface area contributed by atoms with Crippen molar-refractivity contribution in [1.29, 1.82) is 0 Å². The summed E-state index contributed by atoms with van der Waals surface area (Å²) in [5.41, 5.74) is 1.31. The van der Waals surface area contributed by atoms with Gasteiger partial charge in [0.25, 0.3) is 0 Å². The Bertz CT molecular complexity index is 797. The van der Waals surface area contributed by atoms with Gasteiger partial charge >= 0.3 is 5.97 Å². The van der Waals surface area contributed by atoms with Crippen LogP contribution in [0.25, 0.3) is 0 Å². The zero-order valence-corrected chi connectivity index (χ0v) is 16.2. The molecule has 150 valence electrons. The van der Waals surface area contributed by atoms with Crippen molar-refractivity contribution in [3.05, 3.63) is 41.6 Å². The van der Waals surface area contributed by atoms with E-state index in [2.05, 4.69) is 15.3 Å². The molecule has 2 N–H and O–H groups in total. The lowest BCUT2D eigenvalue weighted by Crippen LogP contribution is -2.33. The average molecular weight is 386 g/mol. The number of nitrogens with one attached hydrogen (secondary N) is 1. The number of aromatic nitrogens is 2. The van der Waals surface area contributed by atoms with Crippen molar-refractivity contribution in [2.24, 2.45) is 0 Å². The number of benzene rings is 1. The first kappa shape index (κ1) is 19.9. The minimum absolute atomic E-state index is 0.00267. The van der Waals surface area contributed by atoms with E-state index in [0.29, 0.717) is 23.9 Å². The molecule has 0 amide bonds. The highest BCUT2D eigenvalue weighted by Crippen LogP contribution is 2.25. The summed E-state index contributed by atoms with van der Waals surface area (Å²) in [6.45, 7) is 3.35. The first-order valence-electron chi connectivity index (χ1n) is 9.44. The van der Waals surface area contributed by atoms with Gasteiger partial charge in [0.2, 0.25) is 5.95 Å². The molecule has 2 heterocycles. The summed E-state index contributed by atoms with van der Waals surface area (Å²) < 4.78 is 10.3. The Morgan fingerprint density at radius 2 is 2.14 bits per heavy atom. The van der Waals surface area contributed by atoms with Crippen LogP contribution >= 0.6 is 0 Å². The second kappa shape index (κ2) is 9.36. The molecule has 8 heteroatoms.